The number of nitrogens with one attached hydrogen (secondary N) is 1. The summed E-state index contributed by atoms with van der Waals surface area (Å²) < 4.78 is 37.3. The van der Waals surface area contributed by atoms with E-state index < -0.39 is 15.7 Å². The molecule has 1 aliphatic heterocycles. The maximum absolute atomic E-state index is 13.1. The normalized spacial score (nSPS) is 24.3. The molecule has 0 radical (unpaired) electrons. The molecule has 0 saturated heterocycles. The van der Waals surface area contributed by atoms with Crippen LogP contribution in [0.15, 0.2) is 23.1 Å². The molecule has 1 spiro atoms. The zero-order chi connectivity index (χ0) is 11.4. The second-order valence-corrected chi connectivity index (χ2v) is 6.71. The van der Waals surface area contributed by atoms with Crippen molar-refractivity contribution in [2.24, 2.45) is 5.41 Å². The third-order valence-corrected chi connectivity index (χ3v) is 5.39. The molecule has 1 fully saturated rings. The van der Waals surface area contributed by atoms with Gasteiger partial charge >= 0.3 is 0 Å². The van der Waals surface area contributed by atoms with Gasteiger partial charge < -0.3 is 5.32 Å². The predicted molar refractivity (Wildman–Crippen MR) is 58.6 cm³/mol. The van der Waals surface area contributed by atoms with E-state index in [0.717, 1.165) is 18.9 Å². The smallest absolute Gasteiger partial charge is 0.181 e. The molecular formula is C11H12FNO2S. The monoisotopic (exact) mass is 241 g/mol. The van der Waals surface area contributed by atoms with Crippen molar-refractivity contribution < 1.29 is 12.8 Å². The number of anilines is 1. The fourth-order valence-corrected chi connectivity index (χ4v) is 4.33. The lowest BCUT2D eigenvalue weighted by Gasteiger charge is -2.09. The number of fused-ring (bicyclic) bond motifs is 1. The summed E-state index contributed by atoms with van der Waals surface area (Å²) in [6.45, 7) is 0.671. The third-order valence-electron chi connectivity index (χ3n) is 3.39. The Morgan fingerprint density at radius 3 is 2.75 bits per heavy atom. The first-order valence-corrected chi connectivity index (χ1v) is 6.92. The zero-order valence-electron chi connectivity index (χ0n) is 8.66. The van der Waals surface area contributed by atoms with Crippen molar-refractivity contribution in [3.8, 4) is 0 Å². The molecule has 1 aromatic carbocycles. The van der Waals surface area contributed by atoms with E-state index in [-0.39, 0.29) is 16.1 Å². The number of halogens is 1. The van der Waals surface area contributed by atoms with Crippen LogP contribution in [-0.2, 0) is 9.84 Å². The van der Waals surface area contributed by atoms with Crippen molar-refractivity contribution in [3.05, 3.63) is 24.0 Å². The minimum atomic E-state index is -3.35. The van der Waals surface area contributed by atoms with Crippen LogP contribution in [0.2, 0.25) is 0 Å². The van der Waals surface area contributed by atoms with Gasteiger partial charge in [-0.25, -0.2) is 12.8 Å². The Labute approximate surface area is 93.6 Å². The number of rotatable bonds is 0. The van der Waals surface area contributed by atoms with Crippen LogP contribution in [0.25, 0.3) is 0 Å². The predicted octanol–water partition coefficient (Wildman–Crippen LogP) is 1.81. The van der Waals surface area contributed by atoms with E-state index in [0.29, 0.717) is 12.2 Å². The molecule has 3 nitrogen and oxygen atoms in total. The van der Waals surface area contributed by atoms with Crippen molar-refractivity contribution in [1.82, 2.24) is 0 Å². The minimum Gasteiger partial charge on any atom is -0.383 e. The molecule has 0 unspecified atom stereocenters. The van der Waals surface area contributed by atoms with E-state index in [4.69, 9.17) is 0 Å². The molecule has 16 heavy (non-hydrogen) atoms. The average Bonchev–Trinajstić information content (AvgIpc) is 2.96. The molecule has 86 valence electrons. The lowest BCUT2D eigenvalue weighted by atomic mass is 10.1. The van der Waals surface area contributed by atoms with Crippen molar-refractivity contribution in [1.29, 1.82) is 0 Å². The van der Waals surface area contributed by atoms with Crippen LogP contribution in [0.1, 0.15) is 12.8 Å². The molecule has 0 amide bonds. The van der Waals surface area contributed by atoms with Crippen molar-refractivity contribution in [3.63, 3.8) is 0 Å². The van der Waals surface area contributed by atoms with Gasteiger partial charge in [-0.05, 0) is 31.0 Å². The maximum atomic E-state index is 13.1. The Morgan fingerprint density at radius 2 is 2.06 bits per heavy atom. The first-order chi connectivity index (χ1) is 7.51. The largest absolute Gasteiger partial charge is 0.383 e. The van der Waals surface area contributed by atoms with Crippen LogP contribution >= 0.6 is 0 Å². The molecule has 5 heteroatoms. The molecule has 0 bridgehead atoms. The standard InChI is InChI=1S/C11H12FNO2S/c12-8-1-2-9-10(5-8)16(14,15)7-11(3-4-11)6-13-9/h1-2,5,13H,3-4,6-7H2. The van der Waals surface area contributed by atoms with E-state index in [1.54, 1.807) is 0 Å². The van der Waals surface area contributed by atoms with E-state index in [1.165, 1.54) is 12.1 Å². The van der Waals surface area contributed by atoms with E-state index >= 15 is 0 Å². The van der Waals surface area contributed by atoms with Gasteiger partial charge in [0.25, 0.3) is 0 Å². The van der Waals surface area contributed by atoms with Gasteiger partial charge in [0.1, 0.15) is 5.82 Å². The lowest BCUT2D eigenvalue weighted by Crippen LogP contribution is -2.20. The van der Waals surface area contributed by atoms with Crippen LogP contribution < -0.4 is 5.32 Å². The topological polar surface area (TPSA) is 46.2 Å². The van der Waals surface area contributed by atoms with Crippen LogP contribution in [0.5, 0.6) is 0 Å². The zero-order valence-corrected chi connectivity index (χ0v) is 9.48. The molecule has 3 rings (SSSR count). The highest BCUT2D eigenvalue weighted by molar-refractivity contribution is 7.91. The summed E-state index contributed by atoms with van der Waals surface area (Å²) in [6, 6.07) is 3.90. The summed E-state index contributed by atoms with van der Waals surface area (Å²) in [7, 11) is -3.35. The van der Waals surface area contributed by atoms with E-state index in [2.05, 4.69) is 5.32 Å². The van der Waals surface area contributed by atoms with Crippen LogP contribution in [0.3, 0.4) is 0 Å². The molecule has 1 N–H and O–H groups in total. The van der Waals surface area contributed by atoms with E-state index in [1.807, 2.05) is 0 Å². The molecule has 1 aromatic rings. The quantitative estimate of drug-likeness (QED) is 0.753. The van der Waals surface area contributed by atoms with Gasteiger partial charge in [-0.15, -0.1) is 0 Å². The maximum Gasteiger partial charge on any atom is 0.181 e. The average molecular weight is 241 g/mol. The van der Waals surface area contributed by atoms with Crippen LogP contribution in [0.4, 0.5) is 10.1 Å². The van der Waals surface area contributed by atoms with Crippen molar-refractivity contribution >= 4 is 15.5 Å². The summed E-state index contributed by atoms with van der Waals surface area (Å²) in [5.41, 5.74) is 0.430. The number of hydrogen-bond acceptors (Lipinski definition) is 3. The second-order valence-electron chi connectivity index (χ2n) is 4.75. The van der Waals surface area contributed by atoms with Gasteiger partial charge in [-0.3, -0.25) is 0 Å². The number of benzene rings is 1. The molecular weight excluding hydrogens is 229 g/mol. The summed E-state index contributed by atoms with van der Waals surface area (Å²) in [4.78, 5) is 0.108. The highest BCUT2D eigenvalue weighted by atomic mass is 32.2. The molecule has 2 aliphatic rings. The van der Waals surface area contributed by atoms with Crippen molar-refractivity contribution in [2.45, 2.75) is 17.7 Å². The molecule has 1 saturated carbocycles. The summed E-state index contributed by atoms with van der Waals surface area (Å²) >= 11 is 0. The summed E-state index contributed by atoms with van der Waals surface area (Å²) in [5.74, 6) is -0.362. The number of hydrogen-bond donors (Lipinski definition) is 1. The third kappa shape index (κ3) is 1.50. The highest BCUT2D eigenvalue weighted by Gasteiger charge is 2.48. The second kappa shape index (κ2) is 2.97. The molecule has 1 aliphatic carbocycles. The first-order valence-electron chi connectivity index (χ1n) is 5.27. The highest BCUT2D eigenvalue weighted by Crippen LogP contribution is 2.49. The number of sulfone groups is 1. The molecule has 0 aromatic heterocycles. The van der Waals surface area contributed by atoms with Gasteiger partial charge in [0.05, 0.1) is 16.3 Å². The Balaban J connectivity index is 2.15. The first kappa shape index (κ1) is 10.1. The van der Waals surface area contributed by atoms with E-state index in [9.17, 15) is 12.8 Å². The van der Waals surface area contributed by atoms with Crippen LogP contribution in [0, 0.1) is 11.2 Å². The molecule has 1 heterocycles. The Bertz CT molecular complexity index is 549. The minimum absolute atomic E-state index is 0.103. The summed E-state index contributed by atoms with van der Waals surface area (Å²) in [6.07, 6.45) is 1.88. The fraction of sp³-hybridized carbons (Fsp3) is 0.455. The van der Waals surface area contributed by atoms with Gasteiger partial charge in [0.15, 0.2) is 9.84 Å². The lowest BCUT2D eigenvalue weighted by molar-refractivity contribution is 0.561. The van der Waals surface area contributed by atoms with Gasteiger partial charge in [-0.1, -0.05) is 0 Å². The van der Waals surface area contributed by atoms with Crippen molar-refractivity contribution in [2.75, 3.05) is 17.6 Å². The Morgan fingerprint density at radius 1 is 1.31 bits per heavy atom. The Hall–Kier alpha value is -1.10. The summed E-state index contributed by atoms with van der Waals surface area (Å²) in [5, 5.41) is 3.11. The van der Waals surface area contributed by atoms with Crippen LogP contribution in [-0.4, -0.2) is 20.7 Å². The SMILES string of the molecule is O=S1(=O)CC2(CC2)CNc2ccc(F)cc21. The molecule has 0 atom stereocenters. The van der Waals surface area contributed by atoms with Gasteiger partial charge in [-0.2, -0.15) is 0 Å². The van der Waals surface area contributed by atoms with Gasteiger partial charge in [0.2, 0.25) is 0 Å². The Kier molecular flexibility index (Phi) is 1.87. The fourth-order valence-electron chi connectivity index (χ4n) is 2.21. The van der Waals surface area contributed by atoms with Gasteiger partial charge in [0, 0.05) is 12.0 Å².